The monoisotopic (exact) mass is 359 g/mol. The van der Waals surface area contributed by atoms with E-state index >= 15 is 0 Å². The molecule has 2 aliphatic rings. The van der Waals surface area contributed by atoms with Crippen molar-refractivity contribution in [2.24, 2.45) is 5.92 Å². The first-order valence-corrected chi connectivity index (χ1v) is 9.59. The van der Waals surface area contributed by atoms with Crippen LogP contribution in [-0.4, -0.2) is 60.9 Å². The topological polar surface area (TPSA) is 61.9 Å². The summed E-state index contributed by atoms with van der Waals surface area (Å²) in [6.07, 6.45) is 1.78. The highest BCUT2D eigenvalue weighted by molar-refractivity contribution is 5.85. The molecular formula is C20H29N3O3. The molecule has 0 saturated carbocycles. The molecule has 6 nitrogen and oxygen atoms in total. The van der Waals surface area contributed by atoms with Gasteiger partial charge in [-0.1, -0.05) is 26.0 Å². The fourth-order valence-corrected chi connectivity index (χ4v) is 3.39. The van der Waals surface area contributed by atoms with Gasteiger partial charge in [0.15, 0.2) is 0 Å². The Kier molecular flexibility index (Phi) is 6.14. The van der Waals surface area contributed by atoms with E-state index in [1.54, 1.807) is 0 Å². The van der Waals surface area contributed by atoms with Gasteiger partial charge in [0.25, 0.3) is 0 Å². The summed E-state index contributed by atoms with van der Waals surface area (Å²) in [4.78, 5) is 28.3. The number of hydrogen-bond acceptors (Lipinski definition) is 4. The van der Waals surface area contributed by atoms with Gasteiger partial charge in [-0.3, -0.25) is 14.5 Å². The minimum Gasteiger partial charge on any atom is -0.493 e. The number of amides is 2. The predicted octanol–water partition coefficient (Wildman–Crippen LogP) is 1.43. The third kappa shape index (κ3) is 4.55. The molecule has 2 heterocycles. The van der Waals surface area contributed by atoms with E-state index in [1.165, 1.54) is 11.1 Å². The molecule has 1 atom stereocenters. The van der Waals surface area contributed by atoms with Gasteiger partial charge in [-0.05, 0) is 23.6 Å². The van der Waals surface area contributed by atoms with Gasteiger partial charge in [0.2, 0.25) is 11.8 Å². The molecule has 3 rings (SSSR count). The van der Waals surface area contributed by atoms with Gasteiger partial charge >= 0.3 is 0 Å². The highest BCUT2D eigenvalue weighted by Crippen LogP contribution is 2.26. The number of benzene rings is 1. The maximum Gasteiger partial charge on any atom is 0.242 e. The average Bonchev–Trinajstić information content (AvgIpc) is 3.13. The van der Waals surface area contributed by atoms with Crippen LogP contribution in [0.2, 0.25) is 0 Å². The van der Waals surface area contributed by atoms with Crippen LogP contribution in [0.4, 0.5) is 0 Å². The number of fused-ring (bicyclic) bond motifs is 1. The number of ether oxygens (including phenoxy) is 1. The standard InChI is InChI=1S/C20H29N3O3/c1-3-15(2)20(25)21-13-19(24)23-9-7-22(8-10-23)14-16-4-5-18-17(12-16)6-11-26-18/h4-5,12,15H,3,6-11,13-14H2,1-2H3,(H,21,25). The number of hydrogen-bond donors (Lipinski definition) is 1. The van der Waals surface area contributed by atoms with Crippen molar-refractivity contribution in [1.82, 2.24) is 15.1 Å². The van der Waals surface area contributed by atoms with Gasteiger partial charge in [0, 0.05) is 45.1 Å². The Morgan fingerprint density at radius 3 is 2.73 bits per heavy atom. The molecule has 1 saturated heterocycles. The summed E-state index contributed by atoms with van der Waals surface area (Å²) in [5.41, 5.74) is 2.60. The average molecular weight is 359 g/mol. The first kappa shape index (κ1) is 18.7. The molecule has 0 radical (unpaired) electrons. The SMILES string of the molecule is CCC(C)C(=O)NCC(=O)N1CCN(Cc2ccc3c(c2)CCO3)CC1. The van der Waals surface area contributed by atoms with E-state index in [4.69, 9.17) is 4.74 Å². The first-order valence-electron chi connectivity index (χ1n) is 9.59. The zero-order chi connectivity index (χ0) is 18.5. The molecule has 1 N–H and O–H groups in total. The number of carbonyl (C=O) groups excluding carboxylic acids is 2. The largest absolute Gasteiger partial charge is 0.493 e. The Bertz CT molecular complexity index is 654. The maximum atomic E-state index is 12.3. The van der Waals surface area contributed by atoms with E-state index in [9.17, 15) is 9.59 Å². The fourth-order valence-electron chi connectivity index (χ4n) is 3.39. The second-order valence-corrected chi connectivity index (χ2v) is 7.22. The Morgan fingerprint density at radius 1 is 1.23 bits per heavy atom. The van der Waals surface area contributed by atoms with Crippen LogP contribution in [-0.2, 0) is 22.6 Å². The quantitative estimate of drug-likeness (QED) is 0.835. The Hall–Kier alpha value is -2.08. The molecular weight excluding hydrogens is 330 g/mol. The minimum atomic E-state index is -0.0441. The molecule has 1 aromatic rings. The van der Waals surface area contributed by atoms with Gasteiger partial charge in [-0.2, -0.15) is 0 Å². The molecule has 26 heavy (non-hydrogen) atoms. The van der Waals surface area contributed by atoms with Crippen molar-refractivity contribution in [3.05, 3.63) is 29.3 Å². The lowest BCUT2D eigenvalue weighted by Gasteiger charge is -2.35. The van der Waals surface area contributed by atoms with E-state index < -0.39 is 0 Å². The summed E-state index contributed by atoms with van der Waals surface area (Å²) in [5.74, 6) is 0.942. The summed E-state index contributed by atoms with van der Waals surface area (Å²) in [6, 6.07) is 6.44. The van der Waals surface area contributed by atoms with Crippen molar-refractivity contribution in [1.29, 1.82) is 0 Å². The van der Waals surface area contributed by atoms with Gasteiger partial charge in [0.05, 0.1) is 13.2 Å². The Labute approximate surface area is 155 Å². The van der Waals surface area contributed by atoms with Gasteiger partial charge in [-0.15, -0.1) is 0 Å². The van der Waals surface area contributed by atoms with Crippen LogP contribution < -0.4 is 10.1 Å². The van der Waals surface area contributed by atoms with Crippen molar-refractivity contribution < 1.29 is 14.3 Å². The van der Waals surface area contributed by atoms with Gasteiger partial charge in [0.1, 0.15) is 5.75 Å². The Morgan fingerprint density at radius 2 is 2.00 bits per heavy atom. The van der Waals surface area contributed by atoms with E-state index in [0.29, 0.717) is 13.1 Å². The lowest BCUT2D eigenvalue weighted by molar-refractivity contribution is -0.135. The molecule has 6 heteroatoms. The van der Waals surface area contributed by atoms with Crippen LogP contribution in [0, 0.1) is 5.92 Å². The van der Waals surface area contributed by atoms with E-state index in [1.807, 2.05) is 18.7 Å². The maximum absolute atomic E-state index is 12.3. The molecule has 2 amide bonds. The minimum absolute atomic E-state index is 0.0102. The molecule has 1 unspecified atom stereocenters. The molecule has 1 fully saturated rings. The number of nitrogens with one attached hydrogen (secondary N) is 1. The third-order valence-corrected chi connectivity index (χ3v) is 5.36. The summed E-state index contributed by atoms with van der Waals surface area (Å²) in [7, 11) is 0. The number of carbonyl (C=O) groups is 2. The summed E-state index contributed by atoms with van der Waals surface area (Å²) in [6.45, 7) is 8.79. The van der Waals surface area contributed by atoms with Crippen LogP contribution in [0.25, 0.3) is 0 Å². The van der Waals surface area contributed by atoms with Crippen molar-refractivity contribution in [2.45, 2.75) is 33.2 Å². The second kappa shape index (κ2) is 8.54. The molecule has 0 bridgehead atoms. The normalized spacial score (nSPS) is 18.2. The molecule has 0 aliphatic carbocycles. The highest BCUT2D eigenvalue weighted by Gasteiger charge is 2.22. The first-order chi connectivity index (χ1) is 12.6. The smallest absolute Gasteiger partial charge is 0.242 e. The van der Waals surface area contributed by atoms with Crippen LogP contribution in [0.3, 0.4) is 0 Å². The second-order valence-electron chi connectivity index (χ2n) is 7.22. The zero-order valence-electron chi connectivity index (χ0n) is 15.8. The van der Waals surface area contributed by atoms with E-state index in [2.05, 4.69) is 28.4 Å². The number of piperazine rings is 1. The van der Waals surface area contributed by atoms with Gasteiger partial charge < -0.3 is 15.0 Å². The van der Waals surface area contributed by atoms with E-state index in [0.717, 1.165) is 44.8 Å². The third-order valence-electron chi connectivity index (χ3n) is 5.36. The van der Waals surface area contributed by atoms with E-state index in [-0.39, 0.29) is 24.3 Å². The van der Waals surface area contributed by atoms with Crippen LogP contribution in [0.1, 0.15) is 31.4 Å². The fraction of sp³-hybridized carbons (Fsp3) is 0.600. The Balaban J connectivity index is 1.42. The molecule has 0 spiro atoms. The van der Waals surface area contributed by atoms with Crippen LogP contribution >= 0.6 is 0 Å². The molecule has 2 aliphatic heterocycles. The lowest BCUT2D eigenvalue weighted by Crippen LogP contribution is -2.51. The van der Waals surface area contributed by atoms with Crippen molar-refractivity contribution >= 4 is 11.8 Å². The summed E-state index contributed by atoms with van der Waals surface area (Å²) < 4.78 is 5.56. The molecule has 0 aromatic heterocycles. The molecule has 1 aromatic carbocycles. The lowest BCUT2D eigenvalue weighted by atomic mass is 10.1. The number of nitrogens with zero attached hydrogens (tertiary/aromatic N) is 2. The van der Waals surface area contributed by atoms with Crippen LogP contribution in [0.15, 0.2) is 18.2 Å². The van der Waals surface area contributed by atoms with Crippen molar-refractivity contribution in [3.63, 3.8) is 0 Å². The van der Waals surface area contributed by atoms with Crippen molar-refractivity contribution in [3.8, 4) is 5.75 Å². The van der Waals surface area contributed by atoms with Crippen LogP contribution in [0.5, 0.6) is 5.75 Å². The summed E-state index contributed by atoms with van der Waals surface area (Å²) >= 11 is 0. The summed E-state index contributed by atoms with van der Waals surface area (Å²) in [5, 5.41) is 2.75. The molecule has 142 valence electrons. The predicted molar refractivity (Wildman–Crippen MR) is 100.0 cm³/mol. The number of rotatable bonds is 6. The zero-order valence-corrected chi connectivity index (χ0v) is 15.8. The highest BCUT2D eigenvalue weighted by atomic mass is 16.5. The van der Waals surface area contributed by atoms with Gasteiger partial charge in [-0.25, -0.2) is 0 Å². The van der Waals surface area contributed by atoms with Crippen molar-refractivity contribution in [2.75, 3.05) is 39.3 Å².